The highest BCUT2D eigenvalue weighted by Crippen LogP contribution is 1.89. The van der Waals surface area contributed by atoms with Crippen LogP contribution in [0.5, 0.6) is 0 Å². The van der Waals surface area contributed by atoms with Crippen molar-refractivity contribution in [3.8, 4) is 0 Å². The van der Waals surface area contributed by atoms with Crippen molar-refractivity contribution in [1.82, 2.24) is 0 Å². The minimum atomic E-state index is -0.130. The van der Waals surface area contributed by atoms with Gasteiger partial charge >= 0.3 is 0 Å². The van der Waals surface area contributed by atoms with E-state index in [1.165, 1.54) is 12.5 Å². The van der Waals surface area contributed by atoms with Gasteiger partial charge in [0.05, 0.1) is 0 Å². The molecule has 0 heterocycles. The van der Waals surface area contributed by atoms with Gasteiger partial charge in [-0.25, -0.2) is 0 Å². The van der Waals surface area contributed by atoms with Gasteiger partial charge in [-0.05, 0) is 12.5 Å². The van der Waals surface area contributed by atoms with Crippen LogP contribution in [0.2, 0.25) is 6.04 Å². The molecule has 0 radical (unpaired) electrons. The van der Waals surface area contributed by atoms with E-state index >= 15 is 0 Å². The van der Waals surface area contributed by atoms with E-state index in [1.807, 2.05) is 12.2 Å². The first kappa shape index (κ1) is 8.87. The average Bonchev–Trinajstić information content (AvgIpc) is 1.89. The molecule has 0 aromatic heterocycles. The van der Waals surface area contributed by atoms with Crippen LogP contribution < -0.4 is 0 Å². The van der Waals surface area contributed by atoms with Crippen LogP contribution >= 0.6 is 0 Å². The molecule has 0 bridgehead atoms. The third-order valence-corrected chi connectivity index (χ3v) is 3.32. The second-order valence-electron chi connectivity index (χ2n) is 1.80. The summed E-state index contributed by atoms with van der Waals surface area (Å²) in [6.07, 6.45) is 7.10. The Hall–Kier alpha value is -0.126. The molecule has 9 heavy (non-hydrogen) atoms. The Kier molecular flexibility index (Phi) is 7.76. The van der Waals surface area contributed by atoms with Gasteiger partial charge in [-0.15, -0.1) is 0 Å². The Morgan fingerprint density at radius 3 is 3.00 bits per heavy atom. The number of rotatable bonds is 5. The van der Waals surface area contributed by atoms with Crippen molar-refractivity contribution in [2.24, 2.45) is 0 Å². The lowest BCUT2D eigenvalue weighted by molar-refractivity contribution is 0.659. The number of allylic oxidation sites excluding steroid dienone is 3. The number of hydrogen-bond donors (Lipinski definition) is 0. The van der Waals surface area contributed by atoms with E-state index in [4.69, 9.17) is 4.12 Å². The van der Waals surface area contributed by atoms with Gasteiger partial charge < -0.3 is 4.12 Å². The molecular formula is C6H14OSi2. The summed E-state index contributed by atoms with van der Waals surface area (Å²) >= 11 is 0. The van der Waals surface area contributed by atoms with Crippen molar-refractivity contribution < 1.29 is 4.12 Å². The van der Waals surface area contributed by atoms with E-state index < -0.39 is 0 Å². The van der Waals surface area contributed by atoms with E-state index in [1.54, 1.807) is 0 Å². The molecule has 0 rings (SSSR count). The molecule has 3 heteroatoms. The van der Waals surface area contributed by atoms with E-state index in [2.05, 4.69) is 12.7 Å². The molecule has 0 amide bonds. The predicted molar refractivity (Wildman–Crippen MR) is 48.3 cm³/mol. The zero-order valence-corrected chi connectivity index (χ0v) is 9.38. The summed E-state index contributed by atoms with van der Waals surface area (Å²) in [5, 5.41) is 0. The lowest BCUT2D eigenvalue weighted by atomic mass is 10.4. The minimum Gasteiger partial charge on any atom is -0.468 e. The SMILES string of the molecule is C=CC=CCC[SiH2]O[SiH3]. The minimum absolute atomic E-state index is 0.130. The van der Waals surface area contributed by atoms with Crippen LogP contribution in [-0.4, -0.2) is 20.2 Å². The smallest absolute Gasteiger partial charge is 0.146 e. The fraction of sp³-hybridized carbons (Fsp3) is 0.333. The quantitative estimate of drug-likeness (QED) is 0.309. The van der Waals surface area contributed by atoms with Crippen LogP contribution in [0.15, 0.2) is 24.8 Å². The molecule has 0 fully saturated rings. The van der Waals surface area contributed by atoms with Gasteiger partial charge in [0.15, 0.2) is 0 Å². The highest BCUT2D eigenvalue weighted by molar-refractivity contribution is 6.34. The maximum atomic E-state index is 5.14. The second-order valence-corrected chi connectivity index (χ2v) is 5.22. The number of hydrogen-bond acceptors (Lipinski definition) is 1. The third kappa shape index (κ3) is 7.87. The zero-order chi connectivity index (χ0) is 6.95. The summed E-state index contributed by atoms with van der Waals surface area (Å²) in [4.78, 5) is 0. The zero-order valence-electron chi connectivity index (χ0n) is 5.97. The van der Waals surface area contributed by atoms with Gasteiger partial charge in [-0.3, -0.25) is 0 Å². The first-order chi connectivity index (χ1) is 4.41. The molecule has 0 saturated heterocycles. The molecule has 0 unspecified atom stereocenters. The Balaban J connectivity index is 2.90. The maximum Gasteiger partial charge on any atom is 0.146 e. The first-order valence-electron chi connectivity index (χ1n) is 3.18. The van der Waals surface area contributed by atoms with Gasteiger partial charge in [0.1, 0.15) is 20.2 Å². The Bertz CT molecular complexity index is 91.1. The topological polar surface area (TPSA) is 9.23 Å². The van der Waals surface area contributed by atoms with Crippen LogP contribution in [0, 0.1) is 0 Å². The summed E-state index contributed by atoms with van der Waals surface area (Å²) in [6.45, 7) is 3.58. The maximum absolute atomic E-state index is 5.14. The Morgan fingerprint density at radius 1 is 1.67 bits per heavy atom. The summed E-state index contributed by atoms with van der Waals surface area (Å²) in [5.74, 6) is 0. The van der Waals surface area contributed by atoms with Crippen molar-refractivity contribution in [1.29, 1.82) is 0 Å². The monoisotopic (exact) mass is 158 g/mol. The standard InChI is InChI=1S/C6H14OSi2/c1-2-3-4-5-6-9-7-8/h2-4H,1,5-6,9H2,8H3. The first-order valence-corrected chi connectivity index (χ1v) is 5.57. The van der Waals surface area contributed by atoms with Crippen LogP contribution in [0.3, 0.4) is 0 Å². The lowest BCUT2D eigenvalue weighted by Gasteiger charge is -1.91. The molecular weight excluding hydrogens is 144 g/mol. The highest BCUT2D eigenvalue weighted by atomic mass is 28.3. The summed E-state index contributed by atoms with van der Waals surface area (Å²) < 4.78 is 5.14. The largest absolute Gasteiger partial charge is 0.468 e. The van der Waals surface area contributed by atoms with E-state index in [0.29, 0.717) is 0 Å². The lowest BCUT2D eigenvalue weighted by Crippen LogP contribution is -1.91. The van der Waals surface area contributed by atoms with Crippen LogP contribution in [0.1, 0.15) is 6.42 Å². The summed E-state index contributed by atoms with van der Waals surface area (Å²) in [6, 6.07) is 1.27. The normalized spacial score (nSPS) is 12.0. The summed E-state index contributed by atoms with van der Waals surface area (Å²) in [5.41, 5.74) is 0. The van der Waals surface area contributed by atoms with Crippen LogP contribution in [0.25, 0.3) is 0 Å². The molecule has 0 atom stereocenters. The molecule has 0 N–H and O–H groups in total. The molecule has 0 aliphatic rings. The van der Waals surface area contributed by atoms with E-state index in [0.717, 1.165) is 10.5 Å². The van der Waals surface area contributed by atoms with Crippen molar-refractivity contribution in [2.75, 3.05) is 0 Å². The molecule has 0 spiro atoms. The predicted octanol–water partition coefficient (Wildman–Crippen LogP) is -0.0822. The fourth-order valence-corrected chi connectivity index (χ4v) is 2.10. The molecule has 0 saturated carbocycles. The van der Waals surface area contributed by atoms with Gasteiger partial charge in [0.25, 0.3) is 0 Å². The fourth-order valence-electron chi connectivity index (χ4n) is 0.538. The van der Waals surface area contributed by atoms with Gasteiger partial charge in [0.2, 0.25) is 0 Å². The van der Waals surface area contributed by atoms with Gasteiger partial charge in [-0.2, -0.15) is 0 Å². The highest BCUT2D eigenvalue weighted by Gasteiger charge is 1.80. The molecule has 0 aliphatic heterocycles. The van der Waals surface area contributed by atoms with E-state index in [-0.39, 0.29) is 9.76 Å². The Labute approximate surface area is 62.3 Å². The third-order valence-electron chi connectivity index (χ3n) is 0.991. The van der Waals surface area contributed by atoms with Gasteiger partial charge in [-0.1, -0.05) is 24.8 Å². The van der Waals surface area contributed by atoms with Crippen molar-refractivity contribution >= 4 is 20.2 Å². The summed E-state index contributed by atoms with van der Waals surface area (Å²) in [7, 11) is 0.796. The van der Waals surface area contributed by atoms with Crippen molar-refractivity contribution in [3.63, 3.8) is 0 Å². The van der Waals surface area contributed by atoms with Crippen LogP contribution in [0.4, 0.5) is 0 Å². The van der Waals surface area contributed by atoms with Crippen molar-refractivity contribution in [2.45, 2.75) is 12.5 Å². The molecule has 0 aromatic rings. The Morgan fingerprint density at radius 2 is 2.44 bits per heavy atom. The van der Waals surface area contributed by atoms with Crippen LogP contribution in [-0.2, 0) is 4.12 Å². The average molecular weight is 158 g/mol. The van der Waals surface area contributed by atoms with Gasteiger partial charge in [0, 0.05) is 0 Å². The molecule has 52 valence electrons. The second kappa shape index (κ2) is 7.87. The van der Waals surface area contributed by atoms with E-state index in [9.17, 15) is 0 Å². The molecule has 0 aromatic carbocycles. The van der Waals surface area contributed by atoms with Crippen molar-refractivity contribution in [3.05, 3.63) is 24.8 Å². The molecule has 0 aliphatic carbocycles. The molecule has 1 nitrogen and oxygen atoms in total.